The SMILES string of the molecule is Cc1cc(N(C(=O)CCCC[Si](C)(C)C(C)(C)C)c2nc(C(=O)O)cs2)nnc1N=c1sc2ccccc2n1COCC[Si](C)(C)C. The Bertz CT molecular complexity index is 1790. The Morgan fingerprint density at radius 2 is 1.79 bits per heavy atom. The summed E-state index contributed by atoms with van der Waals surface area (Å²) in [5.74, 6) is -0.612. The van der Waals surface area contributed by atoms with Gasteiger partial charge in [-0.25, -0.2) is 14.7 Å². The summed E-state index contributed by atoms with van der Waals surface area (Å²) in [5.41, 5.74) is 1.65. The van der Waals surface area contributed by atoms with Crippen molar-refractivity contribution in [2.75, 3.05) is 11.5 Å². The van der Waals surface area contributed by atoms with Crippen LogP contribution in [-0.2, 0) is 16.3 Å². The van der Waals surface area contributed by atoms with Crippen molar-refractivity contribution in [1.29, 1.82) is 0 Å². The van der Waals surface area contributed by atoms with Crippen LogP contribution in [0.1, 0.15) is 56.1 Å². The smallest absolute Gasteiger partial charge is 0.355 e. The molecule has 0 spiro atoms. The molecule has 0 fully saturated rings. The molecular formula is C33H48N6O4S2Si2. The molecule has 1 aromatic carbocycles. The number of nitrogens with zero attached hydrogens (tertiary/aromatic N) is 6. The minimum atomic E-state index is -1.46. The van der Waals surface area contributed by atoms with Crippen molar-refractivity contribution in [3.63, 3.8) is 0 Å². The molecule has 4 aromatic rings. The fraction of sp³-hybridized carbons (Fsp3) is 0.515. The van der Waals surface area contributed by atoms with E-state index in [0.29, 0.717) is 31.4 Å². The zero-order valence-electron chi connectivity index (χ0n) is 29.1. The summed E-state index contributed by atoms with van der Waals surface area (Å²) in [6.45, 7) is 21.7. The Labute approximate surface area is 287 Å². The molecule has 0 radical (unpaired) electrons. The number of aromatic carboxylic acids is 1. The summed E-state index contributed by atoms with van der Waals surface area (Å²) >= 11 is 2.65. The Morgan fingerprint density at radius 1 is 1.06 bits per heavy atom. The lowest BCUT2D eigenvalue weighted by Crippen LogP contribution is -2.36. The largest absolute Gasteiger partial charge is 0.476 e. The van der Waals surface area contributed by atoms with E-state index in [2.05, 4.69) is 85.4 Å². The number of aryl methyl sites for hydroxylation is 1. The number of carbonyl (C=O) groups excluding carboxylic acids is 1. The van der Waals surface area contributed by atoms with Gasteiger partial charge < -0.3 is 9.84 Å². The van der Waals surface area contributed by atoms with Crippen LogP contribution in [0, 0.1) is 6.92 Å². The fourth-order valence-corrected chi connectivity index (χ4v) is 9.15. The second kappa shape index (κ2) is 15.0. The van der Waals surface area contributed by atoms with E-state index < -0.39 is 22.1 Å². The van der Waals surface area contributed by atoms with Crippen molar-refractivity contribution in [2.24, 2.45) is 4.99 Å². The summed E-state index contributed by atoms with van der Waals surface area (Å²) < 4.78 is 9.26. The molecule has 3 aromatic heterocycles. The molecule has 0 saturated carbocycles. The number of unbranched alkanes of at least 4 members (excludes halogenated alkanes) is 1. The van der Waals surface area contributed by atoms with Crippen molar-refractivity contribution in [3.05, 3.63) is 51.8 Å². The Hall–Kier alpha value is -3.05. The lowest BCUT2D eigenvalue weighted by molar-refractivity contribution is -0.118. The van der Waals surface area contributed by atoms with Crippen LogP contribution in [0.2, 0.25) is 49.9 Å². The number of hydrogen-bond acceptors (Lipinski definition) is 9. The van der Waals surface area contributed by atoms with Gasteiger partial charge in [0.25, 0.3) is 0 Å². The van der Waals surface area contributed by atoms with Crippen LogP contribution >= 0.6 is 22.7 Å². The standard InChI is InChI=1S/C33H48N6O4S2Si2/c1-23-20-27(39(32-34-24(21-44-32)30(41)42)28(40)16-12-13-18-47(8,9)33(2,3)4)36-37-29(23)35-31-38(22-43-17-19-46(5,6)7)25-14-10-11-15-26(25)45-31/h10-11,14-15,20-21H,12-13,16-19,22H2,1-9H3,(H,41,42). The second-order valence-corrected chi connectivity index (χ2v) is 28.1. The van der Waals surface area contributed by atoms with Crippen molar-refractivity contribution >= 4 is 77.7 Å². The third-order valence-electron chi connectivity index (χ3n) is 8.81. The summed E-state index contributed by atoms with van der Waals surface area (Å²) in [6, 6.07) is 12.1. The van der Waals surface area contributed by atoms with Crippen LogP contribution in [0.5, 0.6) is 0 Å². The highest BCUT2D eigenvalue weighted by Gasteiger charge is 2.34. The van der Waals surface area contributed by atoms with E-state index in [4.69, 9.17) is 9.73 Å². The first kappa shape index (κ1) is 36.8. The van der Waals surface area contributed by atoms with Gasteiger partial charge in [0.15, 0.2) is 27.3 Å². The number of fused-ring (bicyclic) bond motifs is 1. The number of rotatable bonds is 14. The Morgan fingerprint density at radius 3 is 2.43 bits per heavy atom. The third kappa shape index (κ3) is 9.53. The van der Waals surface area contributed by atoms with Crippen LogP contribution in [0.25, 0.3) is 10.2 Å². The van der Waals surface area contributed by atoms with E-state index in [-0.39, 0.29) is 21.8 Å². The quantitative estimate of drug-likeness (QED) is 0.102. The maximum absolute atomic E-state index is 13.7. The number of ether oxygens (including phenoxy) is 1. The molecule has 0 unspecified atom stereocenters. The van der Waals surface area contributed by atoms with Gasteiger partial charge in [0, 0.05) is 26.5 Å². The normalized spacial score (nSPS) is 13.0. The number of anilines is 2. The number of para-hydroxylation sites is 1. The molecule has 14 heteroatoms. The van der Waals surface area contributed by atoms with Crippen molar-refractivity contribution in [1.82, 2.24) is 19.7 Å². The molecule has 0 saturated heterocycles. The summed E-state index contributed by atoms with van der Waals surface area (Å²) in [5, 5.41) is 20.4. The summed E-state index contributed by atoms with van der Waals surface area (Å²) in [7, 11) is -2.68. The zero-order chi connectivity index (χ0) is 34.6. The first-order valence-corrected chi connectivity index (χ1v) is 24.6. The first-order chi connectivity index (χ1) is 22.0. The maximum Gasteiger partial charge on any atom is 0.355 e. The highest BCUT2D eigenvalue weighted by atomic mass is 32.1. The Kier molecular flexibility index (Phi) is 11.8. The third-order valence-corrected chi connectivity index (χ3v) is 18.1. The second-order valence-electron chi connectivity index (χ2n) is 14.8. The predicted molar refractivity (Wildman–Crippen MR) is 198 cm³/mol. The molecule has 0 aliphatic carbocycles. The molecule has 0 atom stereocenters. The van der Waals surface area contributed by atoms with Crippen LogP contribution in [-0.4, -0.2) is 59.5 Å². The van der Waals surface area contributed by atoms with Gasteiger partial charge >= 0.3 is 5.97 Å². The van der Waals surface area contributed by atoms with Gasteiger partial charge in [0.2, 0.25) is 5.91 Å². The van der Waals surface area contributed by atoms with Gasteiger partial charge in [-0.1, -0.05) is 89.4 Å². The minimum absolute atomic E-state index is 0.113. The van der Waals surface area contributed by atoms with Gasteiger partial charge in [-0.2, -0.15) is 4.99 Å². The summed E-state index contributed by atoms with van der Waals surface area (Å²) in [4.78, 5) is 36.6. The van der Waals surface area contributed by atoms with Crippen LogP contribution < -0.4 is 9.70 Å². The molecular weight excluding hydrogens is 665 g/mol. The van der Waals surface area contributed by atoms with Gasteiger partial charge in [-0.15, -0.1) is 21.5 Å². The molecule has 10 nitrogen and oxygen atoms in total. The van der Waals surface area contributed by atoms with Gasteiger partial charge in [-0.3, -0.25) is 9.36 Å². The highest BCUT2D eigenvalue weighted by molar-refractivity contribution is 7.16. The average molecular weight is 713 g/mol. The number of thiazole rings is 2. The number of aromatic nitrogens is 4. The molecule has 0 bridgehead atoms. The van der Waals surface area contributed by atoms with Crippen LogP contribution in [0.4, 0.5) is 16.8 Å². The molecule has 1 N–H and O–H groups in total. The molecule has 0 aliphatic rings. The van der Waals surface area contributed by atoms with E-state index in [1.54, 1.807) is 17.4 Å². The number of benzene rings is 1. The summed E-state index contributed by atoms with van der Waals surface area (Å²) in [6.07, 6.45) is 1.97. The number of carboxylic acids is 1. The number of amides is 1. The van der Waals surface area contributed by atoms with Crippen LogP contribution in [0.3, 0.4) is 0 Å². The molecule has 47 heavy (non-hydrogen) atoms. The zero-order valence-corrected chi connectivity index (χ0v) is 32.7. The lowest BCUT2D eigenvalue weighted by atomic mass is 10.2. The van der Waals surface area contributed by atoms with Crippen molar-refractivity contribution in [2.45, 2.75) is 104 Å². The van der Waals surface area contributed by atoms with E-state index >= 15 is 0 Å². The fourth-order valence-electron chi connectivity index (χ4n) is 4.67. The van der Waals surface area contributed by atoms with E-state index in [1.807, 2.05) is 19.1 Å². The van der Waals surface area contributed by atoms with Crippen molar-refractivity contribution in [3.8, 4) is 0 Å². The highest BCUT2D eigenvalue weighted by Crippen LogP contribution is 2.40. The van der Waals surface area contributed by atoms with E-state index in [1.165, 1.54) is 10.3 Å². The van der Waals surface area contributed by atoms with Crippen LogP contribution in [0.15, 0.2) is 40.7 Å². The van der Waals surface area contributed by atoms with E-state index in [0.717, 1.165) is 56.8 Å². The molecule has 0 aliphatic heterocycles. The van der Waals surface area contributed by atoms with Gasteiger partial charge in [0.05, 0.1) is 18.3 Å². The van der Waals surface area contributed by atoms with Gasteiger partial charge in [0.1, 0.15) is 6.73 Å². The molecule has 4 rings (SSSR count). The van der Waals surface area contributed by atoms with Gasteiger partial charge in [-0.05, 0) is 48.2 Å². The monoisotopic (exact) mass is 712 g/mol. The van der Waals surface area contributed by atoms with Crippen molar-refractivity contribution < 1.29 is 19.4 Å². The van der Waals surface area contributed by atoms with E-state index in [9.17, 15) is 14.7 Å². The number of carboxylic acid groups (broad SMARTS) is 1. The Balaban J connectivity index is 1.62. The average Bonchev–Trinajstić information content (AvgIpc) is 3.59. The predicted octanol–water partition coefficient (Wildman–Crippen LogP) is 8.84. The maximum atomic E-state index is 13.7. The molecule has 3 heterocycles. The molecule has 1 amide bonds. The lowest BCUT2D eigenvalue weighted by Gasteiger charge is -2.37. The minimum Gasteiger partial charge on any atom is -0.476 e. The number of hydrogen-bond donors (Lipinski definition) is 1. The first-order valence-electron chi connectivity index (χ1n) is 16.0. The number of carbonyl (C=O) groups is 2. The molecule has 254 valence electrons. The topological polar surface area (TPSA) is 123 Å².